The molecule has 2 aliphatic rings. The number of benzene rings is 1. The number of hydrogen-bond acceptors (Lipinski definition) is 2. The standard InChI is InChI=1S/C14H19NO/c1-16-14-8-5-7-13-12(14)10-11-6-3-2-4-9-15(11)13/h5,7-8,11H,2-4,6,9-10H2,1H3. The number of rotatable bonds is 1. The molecule has 3 rings (SSSR count). The van der Waals surface area contributed by atoms with Gasteiger partial charge in [-0.05, 0) is 31.4 Å². The molecule has 0 aromatic heterocycles. The summed E-state index contributed by atoms with van der Waals surface area (Å²) in [5, 5.41) is 0. The van der Waals surface area contributed by atoms with Gasteiger partial charge in [-0.3, -0.25) is 0 Å². The van der Waals surface area contributed by atoms with Crippen molar-refractivity contribution in [1.29, 1.82) is 0 Å². The predicted octanol–water partition coefficient (Wildman–Crippen LogP) is 3.00. The first-order valence-corrected chi connectivity index (χ1v) is 6.32. The van der Waals surface area contributed by atoms with Gasteiger partial charge in [-0.15, -0.1) is 0 Å². The molecule has 1 unspecified atom stereocenters. The fraction of sp³-hybridized carbons (Fsp3) is 0.571. The van der Waals surface area contributed by atoms with Crippen molar-refractivity contribution in [2.24, 2.45) is 0 Å². The molecule has 2 heterocycles. The highest BCUT2D eigenvalue weighted by Crippen LogP contribution is 2.40. The second-order valence-electron chi connectivity index (χ2n) is 4.86. The van der Waals surface area contributed by atoms with Crippen molar-refractivity contribution < 1.29 is 4.74 Å². The quantitative estimate of drug-likeness (QED) is 0.717. The van der Waals surface area contributed by atoms with Crippen molar-refractivity contribution in [3.05, 3.63) is 23.8 Å². The van der Waals surface area contributed by atoms with Crippen LogP contribution in [0.4, 0.5) is 5.69 Å². The first-order chi connectivity index (χ1) is 7.90. The zero-order valence-electron chi connectivity index (χ0n) is 9.91. The lowest BCUT2D eigenvalue weighted by Crippen LogP contribution is -2.30. The number of fused-ring (bicyclic) bond motifs is 3. The summed E-state index contributed by atoms with van der Waals surface area (Å²) in [5.74, 6) is 1.07. The molecule has 0 saturated carbocycles. The number of ether oxygens (including phenoxy) is 1. The Morgan fingerprint density at radius 3 is 3.06 bits per heavy atom. The summed E-state index contributed by atoms with van der Waals surface area (Å²) >= 11 is 0. The molecular weight excluding hydrogens is 198 g/mol. The van der Waals surface area contributed by atoms with Gasteiger partial charge in [0.1, 0.15) is 5.75 Å². The lowest BCUT2D eigenvalue weighted by molar-refractivity contribution is 0.410. The van der Waals surface area contributed by atoms with Crippen molar-refractivity contribution in [3.8, 4) is 5.75 Å². The molecule has 0 N–H and O–H groups in total. The Morgan fingerprint density at radius 2 is 2.19 bits per heavy atom. The van der Waals surface area contributed by atoms with E-state index < -0.39 is 0 Å². The van der Waals surface area contributed by atoms with Gasteiger partial charge in [-0.1, -0.05) is 18.9 Å². The van der Waals surface area contributed by atoms with Gasteiger partial charge in [0.25, 0.3) is 0 Å². The van der Waals surface area contributed by atoms with Crippen molar-refractivity contribution in [1.82, 2.24) is 0 Å². The van der Waals surface area contributed by atoms with Gasteiger partial charge < -0.3 is 9.64 Å². The summed E-state index contributed by atoms with van der Waals surface area (Å²) in [4.78, 5) is 2.60. The van der Waals surface area contributed by atoms with E-state index in [-0.39, 0.29) is 0 Å². The lowest BCUT2D eigenvalue weighted by Gasteiger charge is -2.24. The second kappa shape index (κ2) is 4.00. The summed E-state index contributed by atoms with van der Waals surface area (Å²) < 4.78 is 5.47. The minimum Gasteiger partial charge on any atom is -0.496 e. The number of anilines is 1. The molecule has 0 radical (unpaired) electrons. The normalized spacial score (nSPS) is 23.6. The van der Waals surface area contributed by atoms with Crippen molar-refractivity contribution in [2.75, 3.05) is 18.6 Å². The van der Waals surface area contributed by atoms with E-state index in [1.165, 1.54) is 49.9 Å². The molecule has 2 heteroatoms. The molecule has 86 valence electrons. The minimum absolute atomic E-state index is 0.730. The Morgan fingerprint density at radius 1 is 1.25 bits per heavy atom. The largest absolute Gasteiger partial charge is 0.496 e. The highest BCUT2D eigenvalue weighted by Gasteiger charge is 2.31. The van der Waals surface area contributed by atoms with Gasteiger partial charge in [-0.2, -0.15) is 0 Å². The van der Waals surface area contributed by atoms with Crippen LogP contribution in [0.1, 0.15) is 31.2 Å². The molecule has 0 aliphatic carbocycles. The van der Waals surface area contributed by atoms with Gasteiger partial charge in [0, 0.05) is 23.8 Å². The third-order valence-electron chi connectivity index (χ3n) is 3.95. The highest BCUT2D eigenvalue weighted by atomic mass is 16.5. The zero-order valence-corrected chi connectivity index (χ0v) is 9.91. The molecule has 1 saturated heterocycles. The van der Waals surface area contributed by atoms with Crippen LogP contribution in [0, 0.1) is 0 Å². The Bertz CT molecular complexity index is 388. The first-order valence-electron chi connectivity index (χ1n) is 6.32. The molecule has 1 aromatic rings. The van der Waals surface area contributed by atoms with E-state index in [1.807, 2.05) is 0 Å². The zero-order chi connectivity index (χ0) is 11.0. The molecule has 2 aliphatic heterocycles. The number of methoxy groups -OCH3 is 1. The van der Waals surface area contributed by atoms with Crippen LogP contribution >= 0.6 is 0 Å². The predicted molar refractivity (Wildman–Crippen MR) is 66.3 cm³/mol. The van der Waals surface area contributed by atoms with Crippen molar-refractivity contribution in [2.45, 2.75) is 38.1 Å². The minimum atomic E-state index is 0.730. The topological polar surface area (TPSA) is 12.5 Å². The SMILES string of the molecule is COc1cccc2c1CC1CCCCCN21. The van der Waals surface area contributed by atoms with Gasteiger partial charge in [-0.25, -0.2) is 0 Å². The fourth-order valence-electron chi connectivity index (χ4n) is 3.16. The maximum absolute atomic E-state index is 5.47. The molecule has 0 amide bonds. The summed E-state index contributed by atoms with van der Waals surface area (Å²) in [6.45, 7) is 1.23. The monoisotopic (exact) mass is 217 g/mol. The summed E-state index contributed by atoms with van der Waals surface area (Å²) in [5.41, 5.74) is 2.85. The van der Waals surface area contributed by atoms with Crippen LogP contribution in [-0.4, -0.2) is 19.7 Å². The van der Waals surface area contributed by atoms with Crippen LogP contribution in [0.5, 0.6) is 5.75 Å². The number of hydrogen-bond donors (Lipinski definition) is 0. The van der Waals surface area contributed by atoms with Crippen molar-refractivity contribution >= 4 is 5.69 Å². The van der Waals surface area contributed by atoms with E-state index in [0.29, 0.717) is 0 Å². The van der Waals surface area contributed by atoms with Gasteiger partial charge in [0.2, 0.25) is 0 Å². The Hall–Kier alpha value is -1.18. The molecular formula is C14H19NO. The van der Waals surface area contributed by atoms with Crippen LogP contribution in [0.3, 0.4) is 0 Å². The number of nitrogens with zero attached hydrogens (tertiary/aromatic N) is 1. The average molecular weight is 217 g/mol. The maximum Gasteiger partial charge on any atom is 0.124 e. The Kier molecular flexibility index (Phi) is 2.50. The van der Waals surface area contributed by atoms with E-state index in [0.717, 1.165) is 11.8 Å². The first kappa shape index (κ1) is 10.0. The maximum atomic E-state index is 5.47. The molecule has 1 atom stereocenters. The molecule has 2 nitrogen and oxygen atoms in total. The molecule has 0 spiro atoms. The summed E-state index contributed by atoms with van der Waals surface area (Å²) in [7, 11) is 1.78. The smallest absolute Gasteiger partial charge is 0.124 e. The third kappa shape index (κ3) is 1.48. The van der Waals surface area contributed by atoms with Crippen LogP contribution in [-0.2, 0) is 6.42 Å². The van der Waals surface area contributed by atoms with E-state index in [2.05, 4.69) is 23.1 Å². The summed E-state index contributed by atoms with van der Waals surface area (Å²) in [6, 6.07) is 7.19. The molecule has 16 heavy (non-hydrogen) atoms. The molecule has 0 bridgehead atoms. The molecule has 1 fully saturated rings. The van der Waals surface area contributed by atoms with Crippen LogP contribution < -0.4 is 9.64 Å². The van der Waals surface area contributed by atoms with E-state index in [4.69, 9.17) is 4.74 Å². The van der Waals surface area contributed by atoms with E-state index in [9.17, 15) is 0 Å². The average Bonchev–Trinajstić information content (AvgIpc) is 2.52. The Balaban J connectivity index is 1.99. The van der Waals surface area contributed by atoms with Gasteiger partial charge in [0.05, 0.1) is 7.11 Å². The Labute approximate surface area is 97.2 Å². The van der Waals surface area contributed by atoms with Gasteiger partial charge >= 0.3 is 0 Å². The van der Waals surface area contributed by atoms with Crippen LogP contribution in [0.25, 0.3) is 0 Å². The summed E-state index contributed by atoms with van der Waals surface area (Å²) in [6.07, 6.45) is 6.65. The van der Waals surface area contributed by atoms with Gasteiger partial charge in [0.15, 0.2) is 0 Å². The van der Waals surface area contributed by atoms with Crippen molar-refractivity contribution in [3.63, 3.8) is 0 Å². The van der Waals surface area contributed by atoms with E-state index in [1.54, 1.807) is 7.11 Å². The third-order valence-corrected chi connectivity index (χ3v) is 3.95. The van der Waals surface area contributed by atoms with Crippen LogP contribution in [0.15, 0.2) is 18.2 Å². The highest BCUT2D eigenvalue weighted by molar-refractivity contribution is 5.64. The second-order valence-corrected chi connectivity index (χ2v) is 4.86. The molecule has 1 aromatic carbocycles. The fourth-order valence-corrected chi connectivity index (χ4v) is 3.16. The van der Waals surface area contributed by atoms with E-state index >= 15 is 0 Å². The van der Waals surface area contributed by atoms with Crippen LogP contribution in [0.2, 0.25) is 0 Å². The lowest BCUT2D eigenvalue weighted by atomic mass is 10.0.